The van der Waals surface area contributed by atoms with E-state index in [2.05, 4.69) is 16.6 Å². The first-order chi connectivity index (χ1) is 19.7. The third kappa shape index (κ3) is 8.85. The monoisotopic (exact) mass is 601 g/mol. The molecule has 3 atom stereocenters. The maximum absolute atomic E-state index is 13.8. The molecule has 0 fully saturated rings. The number of rotatable bonds is 12. The number of carbonyl (C=O) groups is 2. The van der Waals surface area contributed by atoms with Gasteiger partial charge in [0.1, 0.15) is 11.6 Å². The molecule has 0 spiro atoms. The molecule has 0 saturated carbocycles. The Morgan fingerprint density at radius 3 is 2.36 bits per heavy atom. The summed E-state index contributed by atoms with van der Waals surface area (Å²) >= 11 is 0. The molecule has 1 aliphatic rings. The first-order valence-corrected chi connectivity index (χ1v) is 15.0. The largest absolute Gasteiger partial charge is 0.454 e. The second-order valence-corrected chi connectivity index (χ2v) is 13.2. The van der Waals surface area contributed by atoms with Gasteiger partial charge < -0.3 is 30.0 Å². The van der Waals surface area contributed by atoms with E-state index in [0.717, 1.165) is 0 Å². The van der Waals surface area contributed by atoms with Crippen LogP contribution in [0.2, 0.25) is 0 Å². The van der Waals surface area contributed by atoms with Crippen LogP contribution < -0.4 is 20.1 Å². The second kappa shape index (κ2) is 13.9. The molecule has 228 valence electrons. The highest BCUT2D eigenvalue weighted by atomic mass is 32.2. The predicted octanol–water partition coefficient (Wildman–Crippen LogP) is 3.20. The molecule has 0 saturated heterocycles. The number of fused-ring (bicyclic) bond motifs is 1. The van der Waals surface area contributed by atoms with Crippen molar-refractivity contribution < 1.29 is 37.3 Å². The Kier molecular flexibility index (Phi) is 10.8. The lowest BCUT2D eigenvalue weighted by molar-refractivity contribution is -0.124. The SMILES string of the molecule is C#CC[C@H](NC(=O)OC(C)(C)C)C(=O)NC(c1ccccc1)[C@H](O)CN(CC(C)C)S(=O)(=O)c1ccc2c(c1)OCO2. The Morgan fingerprint density at radius 1 is 1.07 bits per heavy atom. The number of ether oxygens (including phenoxy) is 3. The molecule has 0 aliphatic carbocycles. The Hall–Kier alpha value is -3.79. The van der Waals surface area contributed by atoms with Gasteiger partial charge in [0.05, 0.1) is 17.0 Å². The zero-order valence-corrected chi connectivity index (χ0v) is 25.3. The zero-order chi connectivity index (χ0) is 31.1. The van der Waals surface area contributed by atoms with Crippen LogP contribution >= 0.6 is 0 Å². The fraction of sp³-hybridized carbons (Fsp3) is 0.467. The van der Waals surface area contributed by atoms with E-state index in [0.29, 0.717) is 17.1 Å². The fourth-order valence-corrected chi connectivity index (χ4v) is 5.91. The molecule has 3 N–H and O–H groups in total. The van der Waals surface area contributed by atoms with Gasteiger partial charge in [-0.05, 0) is 44.4 Å². The number of sulfonamides is 1. The Labute approximate surface area is 247 Å². The Morgan fingerprint density at radius 2 is 1.74 bits per heavy atom. The summed E-state index contributed by atoms with van der Waals surface area (Å²) in [6.45, 7) is 8.53. The highest BCUT2D eigenvalue weighted by Crippen LogP contribution is 2.35. The molecule has 2 aromatic rings. The first kappa shape index (κ1) is 32.7. The molecule has 11 nitrogen and oxygen atoms in total. The molecule has 2 amide bonds. The Balaban J connectivity index is 1.88. The zero-order valence-electron chi connectivity index (χ0n) is 24.5. The lowest BCUT2D eigenvalue weighted by Crippen LogP contribution is -2.52. The lowest BCUT2D eigenvalue weighted by Gasteiger charge is -2.31. The number of aliphatic hydroxyl groups excluding tert-OH is 1. The molecule has 12 heteroatoms. The van der Waals surface area contributed by atoms with Crippen LogP contribution in [0.25, 0.3) is 0 Å². The van der Waals surface area contributed by atoms with Crippen molar-refractivity contribution in [3.05, 3.63) is 54.1 Å². The summed E-state index contributed by atoms with van der Waals surface area (Å²) in [5.74, 6) is 2.38. The molecule has 1 aliphatic heterocycles. The maximum atomic E-state index is 13.8. The van der Waals surface area contributed by atoms with Gasteiger partial charge in [-0.1, -0.05) is 44.2 Å². The van der Waals surface area contributed by atoms with Crippen molar-refractivity contribution in [3.63, 3.8) is 0 Å². The number of alkyl carbamates (subject to hydrolysis) is 1. The normalized spacial score (nSPS) is 15.0. The van der Waals surface area contributed by atoms with E-state index in [9.17, 15) is 23.1 Å². The molecule has 1 heterocycles. The van der Waals surface area contributed by atoms with Gasteiger partial charge in [-0.25, -0.2) is 13.2 Å². The third-order valence-corrected chi connectivity index (χ3v) is 7.94. The smallest absolute Gasteiger partial charge is 0.408 e. The predicted molar refractivity (Wildman–Crippen MR) is 156 cm³/mol. The van der Waals surface area contributed by atoms with Crippen LogP contribution in [0.5, 0.6) is 11.5 Å². The number of hydrogen-bond donors (Lipinski definition) is 3. The molecule has 2 aromatic carbocycles. The fourth-order valence-electron chi connectivity index (χ4n) is 4.27. The Bertz CT molecular complexity index is 1380. The highest BCUT2D eigenvalue weighted by molar-refractivity contribution is 7.89. The van der Waals surface area contributed by atoms with Gasteiger partial charge in [0.25, 0.3) is 0 Å². The number of carbonyl (C=O) groups excluding carboxylic acids is 2. The van der Waals surface area contributed by atoms with E-state index in [1.54, 1.807) is 51.1 Å². The number of amides is 2. The molecule has 0 bridgehead atoms. The van der Waals surface area contributed by atoms with Crippen molar-refractivity contribution >= 4 is 22.0 Å². The highest BCUT2D eigenvalue weighted by Gasteiger charge is 2.34. The van der Waals surface area contributed by atoms with Crippen molar-refractivity contribution in [1.29, 1.82) is 0 Å². The van der Waals surface area contributed by atoms with Crippen molar-refractivity contribution in [3.8, 4) is 23.8 Å². The van der Waals surface area contributed by atoms with E-state index < -0.39 is 45.8 Å². The molecule has 3 rings (SSSR count). The second-order valence-electron chi connectivity index (χ2n) is 11.3. The minimum Gasteiger partial charge on any atom is -0.454 e. The number of terminal acetylenes is 1. The van der Waals surface area contributed by atoms with Crippen LogP contribution in [-0.2, 0) is 19.6 Å². The summed E-state index contributed by atoms with van der Waals surface area (Å²) in [6.07, 6.45) is 3.11. The van der Waals surface area contributed by atoms with Gasteiger partial charge in [0, 0.05) is 25.6 Å². The third-order valence-electron chi connectivity index (χ3n) is 6.11. The standard InChI is InChI=1S/C30H39N3O8S/c1-7-11-23(31-29(36)41-30(4,5)6)28(35)32-27(21-12-9-8-10-13-21)24(34)18-33(17-20(2)3)42(37,38)22-14-15-25-26(16-22)40-19-39-25/h1,8-10,12-16,20,23-24,27,34H,11,17-19H2,2-6H3,(H,31,36)(H,32,35)/t23-,24+,27?/m0/s1. The molecule has 1 unspecified atom stereocenters. The van der Waals surface area contributed by atoms with Crippen LogP contribution in [0.3, 0.4) is 0 Å². The van der Waals surface area contributed by atoms with Crippen molar-refractivity contribution in [1.82, 2.24) is 14.9 Å². The quantitative estimate of drug-likeness (QED) is 0.315. The molecule has 0 aromatic heterocycles. The molecule has 0 radical (unpaired) electrons. The topological polar surface area (TPSA) is 143 Å². The molecular weight excluding hydrogens is 562 g/mol. The van der Waals surface area contributed by atoms with Crippen LogP contribution in [0, 0.1) is 18.3 Å². The van der Waals surface area contributed by atoms with Gasteiger partial charge in [-0.15, -0.1) is 12.3 Å². The summed E-state index contributed by atoms with van der Waals surface area (Å²) in [4.78, 5) is 25.7. The lowest BCUT2D eigenvalue weighted by atomic mass is 10.00. The number of benzene rings is 2. The van der Waals surface area contributed by atoms with Gasteiger partial charge in [0.2, 0.25) is 22.7 Å². The summed E-state index contributed by atoms with van der Waals surface area (Å²) in [5, 5.41) is 16.7. The number of nitrogens with zero attached hydrogens (tertiary/aromatic N) is 1. The summed E-state index contributed by atoms with van der Waals surface area (Å²) in [5.41, 5.74) is -0.270. The number of nitrogens with one attached hydrogen (secondary N) is 2. The summed E-state index contributed by atoms with van der Waals surface area (Å²) < 4.78 is 44.6. The van der Waals surface area contributed by atoms with Crippen LogP contribution in [0.4, 0.5) is 4.79 Å². The van der Waals surface area contributed by atoms with Crippen molar-refractivity contribution in [2.45, 2.75) is 69.7 Å². The van der Waals surface area contributed by atoms with E-state index in [4.69, 9.17) is 20.6 Å². The number of hydrogen-bond acceptors (Lipinski definition) is 8. The van der Waals surface area contributed by atoms with Gasteiger partial charge >= 0.3 is 6.09 Å². The molecular formula is C30H39N3O8S. The average molecular weight is 602 g/mol. The van der Waals surface area contributed by atoms with E-state index >= 15 is 0 Å². The van der Waals surface area contributed by atoms with E-state index in [1.807, 2.05) is 13.8 Å². The molecule has 42 heavy (non-hydrogen) atoms. The van der Waals surface area contributed by atoms with E-state index in [1.165, 1.54) is 22.5 Å². The van der Waals surface area contributed by atoms with Gasteiger partial charge in [-0.2, -0.15) is 4.31 Å². The van der Waals surface area contributed by atoms with Crippen molar-refractivity contribution in [2.75, 3.05) is 19.9 Å². The van der Waals surface area contributed by atoms with Crippen LogP contribution in [0.15, 0.2) is 53.4 Å². The summed E-state index contributed by atoms with van der Waals surface area (Å²) in [7, 11) is -4.09. The number of aliphatic hydroxyl groups is 1. The van der Waals surface area contributed by atoms with E-state index in [-0.39, 0.29) is 37.1 Å². The average Bonchev–Trinajstić information content (AvgIpc) is 3.38. The van der Waals surface area contributed by atoms with Crippen LogP contribution in [-0.4, -0.2) is 67.5 Å². The minimum absolute atomic E-state index is 0.00480. The first-order valence-electron chi connectivity index (χ1n) is 13.6. The maximum Gasteiger partial charge on any atom is 0.408 e. The van der Waals surface area contributed by atoms with Gasteiger partial charge in [-0.3, -0.25) is 4.79 Å². The van der Waals surface area contributed by atoms with Crippen molar-refractivity contribution in [2.24, 2.45) is 5.92 Å². The van der Waals surface area contributed by atoms with Gasteiger partial charge in [0.15, 0.2) is 11.5 Å². The van der Waals surface area contributed by atoms with Crippen LogP contribution in [0.1, 0.15) is 52.6 Å². The summed E-state index contributed by atoms with van der Waals surface area (Å²) in [6, 6.07) is 10.8. The minimum atomic E-state index is -4.09.